The number of H-pyrrole nitrogens is 1. The molecule has 0 aliphatic rings. The van der Waals surface area contributed by atoms with Gasteiger partial charge in [0.25, 0.3) is 0 Å². The first-order chi connectivity index (χ1) is 13.0. The predicted octanol–water partition coefficient (Wildman–Crippen LogP) is 5.02. The molecule has 0 amide bonds. The average Bonchev–Trinajstić information content (AvgIpc) is 3.35. The first-order valence-corrected chi connectivity index (χ1v) is 8.75. The van der Waals surface area contributed by atoms with Gasteiger partial charge >= 0.3 is 6.18 Å². The molecule has 9 heteroatoms. The molecular weight excluding hydrogens is 375 g/mol. The van der Waals surface area contributed by atoms with Crippen LogP contribution in [0.5, 0.6) is 0 Å². The monoisotopic (exact) mass is 385 g/mol. The first kappa shape index (κ1) is 16.0. The summed E-state index contributed by atoms with van der Waals surface area (Å²) in [6.45, 7) is 0. The number of imidazole rings is 1. The number of halogens is 3. The molecule has 0 saturated heterocycles. The van der Waals surface area contributed by atoms with Crippen LogP contribution in [0.25, 0.3) is 37.7 Å². The van der Waals surface area contributed by atoms with E-state index < -0.39 is 11.7 Å². The highest BCUT2D eigenvalue weighted by Crippen LogP contribution is 2.33. The maximum Gasteiger partial charge on any atom is 0.417 e. The van der Waals surface area contributed by atoms with Crippen molar-refractivity contribution in [1.82, 2.24) is 24.6 Å². The molecule has 0 bridgehead atoms. The van der Waals surface area contributed by atoms with Crippen molar-refractivity contribution in [1.29, 1.82) is 0 Å². The van der Waals surface area contributed by atoms with Crippen LogP contribution in [0.2, 0.25) is 0 Å². The van der Waals surface area contributed by atoms with E-state index in [0.29, 0.717) is 16.2 Å². The third-order valence-corrected chi connectivity index (χ3v) is 5.22. The van der Waals surface area contributed by atoms with E-state index in [-0.39, 0.29) is 0 Å². The minimum Gasteiger partial charge on any atom is -0.361 e. The zero-order valence-corrected chi connectivity index (χ0v) is 14.3. The van der Waals surface area contributed by atoms with Gasteiger partial charge in [0, 0.05) is 40.6 Å². The Morgan fingerprint density at radius 2 is 1.89 bits per heavy atom. The van der Waals surface area contributed by atoms with Crippen molar-refractivity contribution in [3.8, 4) is 21.8 Å². The lowest BCUT2D eigenvalue weighted by atomic mass is 10.1. The Bertz CT molecular complexity index is 1280. The molecule has 0 fully saturated rings. The summed E-state index contributed by atoms with van der Waals surface area (Å²) in [5.74, 6) is 0. The fraction of sp³-hybridized carbons (Fsp3) is 0.0556. The maximum atomic E-state index is 13.0. The largest absolute Gasteiger partial charge is 0.417 e. The highest BCUT2D eigenvalue weighted by Gasteiger charge is 2.31. The highest BCUT2D eigenvalue weighted by molar-refractivity contribution is 7.19. The van der Waals surface area contributed by atoms with Gasteiger partial charge in [-0.05, 0) is 30.3 Å². The van der Waals surface area contributed by atoms with E-state index >= 15 is 0 Å². The zero-order chi connectivity index (χ0) is 18.6. The van der Waals surface area contributed by atoms with Gasteiger partial charge in [-0.25, -0.2) is 9.50 Å². The summed E-state index contributed by atoms with van der Waals surface area (Å²) >= 11 is 1.37. The Labute approximate surface area is 154 Å². The second-order valence-corrected chi connectivity index (χ2v) is 6.94. The zero-order valence-electron chi connectivity index (χ0n) is 13.5. The lowest BCUT2D eigenvalue weighted by molar-refractivity contribution is -0.137. The van der Waals surface area contributed by atoms with Gasteiger partial charge in [-0.3, -0.25) is 4.98 Å². The van der Waals surface area contributed by atoms with Gasteiger partial charge in [-0.15, -0.1) is 0 Å². The highest BCUT2D eigenvalue weighted by atomic mass is 32.1. The minimum absolute atomic E-state index is 0.315. The summed E-state index contributed by atoms with van der Waals surface area (Å²) in [4.78, 5) is 11.7. The lowest BCUT2D eigenvalue weighted by Crippen LogP contribution is -2.05. The Morgan fingerprint density at radius 3 is 2.74 bits per heavy atom. The summed E-state index contributed by atoms with van der Waals surface area (Å²) in [7, 11) is 0. The normalized spacial score (nSPS) is 12.3. The summed E-state index contributed by atoms with van der Waals surface area (Å²) in [5.41, 5.74) is 1.92. The van der Waals surface area contributed by atoms with Crippen LogP contribution in [0.4, 0.5) is 13.2 Å². The number of hydrogen-bond donors (Lipinski definition) is 1. The number of alkyl halides is 3. The molecule has 4 aromatic heterocycles. The standard InChI is InChI=1S/C18H10F3N5S/c19-18(20,21)13-6-12(7-22-8-13)15-9-24-17-26(15)25-16(27-17)11-1-2-14-10(5-11)3-4-23-14/h1-9,23H. The Kier molecular flexibility index (Phi) is 3.35. The van der Waals surface area contributed by atoms with Gasteiger partial charge < -0.3 is 4.98 Å². The molecule has 0 radical (unpaired) electrons. The van der Waals surface area contributed by atoms with Crippen LogP contribution in [-0.2, 0) is 6.18 Å². The van der Waals surface area contributed by atoms with Gasteiger partial charge in [0.15, 0.2) is 0 Å². The van der Waals surface area contributed by atoms with Crippen LogP contribution in [0, 0.1) is 0 Å². The molecule has 0 unspecified atom stereocenters. The predicted molar refractivity (Wildman–Crippen MR) is 96.4 cm³/mol. The molecule has 0 spiro atoms. The van der Waals surface area contributed by atoms with E-state index in [2.05, 4.69) is 20.1 Å². The van der Waals surface area contributed by atoms with Crippen LogP contribution < -0.4 is 0 Å². The molecule has 1 aromatic carbocycles. The van der Waals surface area contributed by atoms with Crippen LogP contribution in [0.3, 0.4) is 0 Å². The van der Waals surface area contributed by atoms with Crippen LogP contribution >= 0.6 is 11.3 Å². The molecule has 27 heavy (non-hydrogen) atoms. The maximum absolute atomic E-state index is 13.0. The van der Waals surface area contributed by atoms with Crippen LogP contribution in [0.15, 0.2) is 55.1 Å². The van der Waals surface area contributed by atoms with Crippen molar-refractivity contribution in [2.45, 2.75) is 6.18 Å². The Balaban J connectivity index is 1.61. The third kappa shape index (κ3) is 2.67. The van der Waals surface area contributed by atoms with E-state index in [1.54, 1.807) is 4.52 Å². The van der Waals surface area contributed by atoms with Crippen LogP contribution in [0.1, 0.15) is 5.56 Å². The number of aromatic nitrogens is 5. The fourth-order valence-corrected chi connectivity index (χ4v) is 3.80. The van der Waals surface area contributed by atoms with E-state index in [4.69, 9.17) is 0 Å². The number of nitrogens with one attached hydrogen (secondary N) is 1. The van der Waals surface area contributed by atoms with Crippen molar-refractivity contribution in [3.05, 3.63) is 60.7 Å². The number of rotatable bonds is 2. The SMILES string of the molecule is FC(F)(F)c1cncc(-c2cnc3sc(-c4ccc5[nH]ccc5c4)nn23)c1. The molecule has 0 aliphatic carbocycles. The number of fused-ring (bicyclic) bond motifs is 2. The average molecular weight is 385 g/mol. The van der Waals surface area contributed by atoms with E-state index in [0.717, 1.165) is 33.7 Å². The summed E-state index contributed by atoms with van der Waals surface area (Å²) in [6, 6.07) is 8.95. The van der Waals surface area contributed by atoms with E-state index in [1.807, 2.05) is 30.5 Å². The quantitative estimate of drug-likeness (QED) is 0.464. The third-order valence-electron chi connectivity index (χ3n) is 4.25. The van der Waals surface area contributed by atoms with Crippen LogP contribution in [-0.4, -0.2) is 24.6 Å². The Hall–Kier alpha value is -3.20. The molecule has 5 nitrogen and oxygen atoms in total. The summed E-state index contributed by atoms with van der Waals surface area (Å²) in [5, 5.41) is 6.35. The topological polar surface area (TPSA) is 58.9 Å². The van der Waals surface area contributed by atoms with Crippen molar-refractivity contribution in [2.24, 2.45) is 0 Å². The van der Waals surface area contributed by atoms with E-state index in [9.17, 15) is 13.2 Å². The molecule has 134 valence electrons. The summed E-state index contributed by atoms with van der Waals surface area (Å²) < 4.78 is 40.5. The second kappa shape index (κ2) is 5.65. The van der Waals surface area contributed by atoms with Crippen molar-refractivity contribution in [2.75, 3.05) is 0 Å². The summed E-state index contributed by atoms with van der Waals surface area (Å²) in [6.07, 6.45) is 1.10. The number of nitrogens with zero attached hydrogens (tertiary/aromatic N) is 4. The molecule has 5 rings (SSSR count). The molecule has 1 N–H and O–H groups in total. The number of aromatic amines is 1. The molecule has 0 aliphatic heterocycles. The van der Waals surface area contributed by atoms with Gasteiger partial charge in [-0.1, -0.05) is 11.3 Å². The molecule has 4 heterocycles. The molecule has 0 saturated carbocycles. The van der Waals surface area contributed by atoms with E-state index in [1.165, 1.54) is 23.7 Å². The van der Waals surface area contributed by atoms with Gasteiger partial charge in [0.2, 0.25) is 4.96 Å². The lowest BCUT2D eigenvalue weighted by Gasteiger charge is -2.07. The van der Waals surface area contributed by atoms with Crippen molar-refractivity contribution >= 4 is 27.2 Å². The molecule has 5 aromatic rings. The smallest absolute Gasteiger partial charge is 0.361 e. The Morgan fingerprint density at radius 1 is 1.00 bits per heavy atom. The minimum atomic E-state index is -4.45. The number of hydrogen-bond acceptors (Lipinski definition) is 4. The molecular formula is C18H10F3N5S. The van der Waals surface area contributed by atoms with Crippen molar-refractivity contribution in [3.63, 3.8) is 0 Å². The fourth-order valence-electron chi connectivity index (χ4n) is 2.93. The molecule has 0 atom stereocenters. The number of benzene rings is 1. The van der Waals surface area contributed by atoms with Crippen molar-refractivity contribution < 1.29 is 13.2 Å². The van der Waals surface area contributed by atoms with Gasteiger partial charge in [0.1, 0.15) is 5.01 Å². The first-order valence-electron chi connectivity index (χ1n) is 7.94. The van der Waals surface area contributed by atoms with Gasteiger partial charge in [0.05, 0.1) is 17.5 Å². The second-order valence-electron chi connectivity index (χ2n) is 5.98. The van der Waals surface area contributed by atoms with Gasteiger partial charge in [-0.2, -0.15) is 18.3 Å². The number of pyridine rings is 1.